The Balaban J connectivity index is 1.35. The van der Waals surface area contributed by atoms with E-state index in [1.807, 2.05) is 86.1 Å². The molecule has 9 nitrogen and oxygen atoms in total. The van der Waals surface area contributed by atoms with Gasteiger partial charge in [0.15, 0.2) is 11.5 Å². The number of fused-ring (bicyclic) bond motifs is 4. The van der Waals surface area contributed by atoms with E-state index in [1.54, 1.807) is 17.1 Å². The Kier molecular flexibility index (Phi) is 5.04. The van der Waals surface area contributed by atoms with Crippen LogP contribution in [0.5, 0.6) is 17.5 Å². The van der Waals surface area contributed by atoms with E-state index in [2.05, 4.69) is 10.1 Å². The molecule has 38 heavy (non-hydrogen) atoms. The van der Waals surface area contributed by atoms with E-state index in [0.717, 1.165) is 45.1 Å². The summed E-state index contributed by atoms with van der Waals surface area (Å²) in [7, 11) is 0. The maximum Gasteiger partial charge on any atom is 0.230 e. The molecule has 1 unspecified atom stereocenters. The molecule has 4 aromatic heterocycles. The molecule has 6 aromatic rings. The van der Waals surface area contributed by atoms with Crippen molar-refractivity contribution in [1.29, 1.82) is 0 Å². The Labute approximate surface area is 218 Å². The van der Waals surface area contributed by atoms with E-state index < -0.39 is 0 Å². The van der Waals surface area contributed by atoms with Crippen LogP contribution in [0.2, 0.25) is 0 Å². The van der Waals surface area contributed by atoms with E-state index in [4.69, 9.17) is 24.0 Å². The number of aromatic nitrogens is 6. The van der Waals surface area contributed by atoms with Gasteiger partial charge in [-0.25, -0.2) is 19.2 Å². The second-order valence-electron chi connectivity index (χ2n) is 9.37. The lowest BCUT2D eigenvalue weighted by molar-refractivity contribution is 0.292. The summed E-state index contributed by atoms with van der Waals surface area (Å²) in [5, 5.41) is 9.48. The smallest absolute Gasteiger partial charge is 0.230 e. The quantitative estimate of drug-likeness (QED) is 0.297. The SMILES string of the molecule is Cc1cccc(C)c1OCc1nc2c3c(ncn2n1)Oc1c(c(C)nn1-c1ccccc1)C3c1ccco1. The number of nitrogens with zero attached hydrogens (tertiary/aromatic N) is 6. The number of aryl methyl sites for hydroxylation is 3. The first-order valence-corrected chi connectivity index (χ1v) is 12.4. The van der Waals surface area contributed by atoms with Crippen LogP contribution in [-0.2, 0) is 6.61 Å². The lowest BCUT2D eigenvalue weighted by Crippen LogP contribution is -2.15. The van der Waals surface area contributed by atoms with Gasteiger partial charge in [-0.3, -0.25) is 0 Å². The van der Waals surface area contributed by atoms with Gasteiger partial charge in [-0.2, -0.15) is 5.10 Å². The fourth-order valence-electron chi connectivity index (χ4n) is 5.13. The van der Waals surface area contributed by atoms with Gasteiger partial charge in [-0.1, -0.05) is 36.4 Å². The largest absolute Gasteiger partial charge is 0.485 e. The maximum atomic E-state index is 6.43. The summed E-state index contributed by atoms with van der Waals surface area (Å²) < 4.78 is 22.0. The third-order valence-corrected chi connectivity index (χ3v) is 6.85. The minimum absolute atomic E-state index is 0.227. The molecule has 188 valence electrons. The zero-order valence-electron chi connectivity index (χ0n) is 21.1. The lowest BCUT2D eigenvalue weighted by Gasteiger charge is -2.24. The molecule has 0 fully saturated rings. The van der Waals surface area contributed by atoms with Gasteiger partial charge in [0.25, 0.3) is 0 Å². The molecule has 0 amide bonds. The maximum absolute atomic E-state index is 6.43. The molecular formula is C29H24N6O3. The zero-order valence-corrected chi connectivity index (χ0v) is 21.1. The predicted octanol–water partition coefficient (Wildman–Crippen LogP) is 5.69. The molecule has 2 aromatic carbocycles. The molecular weight excluding hydrogens is 480 g/mol. The first-order chi connectivity index (χ1) is 18.6. The first-order valence-electron chi connectivity index (χ1n) is 12.4. The molecule has 0 spiro atoms. The zero-order chi connectivity index (χ0) is 25.8. The molecule has 1 atom stereocenters. The summed E-state index contributed by atoms with van der Waals surface area (Å²) >= 11 is 0. The molecule has 7 rings (SSSR count). The van der Waals surface area contributed by atoms with E-state index in [1.165, 1.54) is 0 Å². The third-order valence-electron chi connectivity index (χ3n) is 6.85. The summed E-state index contributed by atoms with van der Waals surface area (Å²) in [4.78, 5) is 9.49. The summed E-state index contributed by atoms with van der Waals surface area (Å²) in [6.07, 6.45) is 3.28. The second-order valence-corrected chi connectivity index (χ2v) is 9.37. The van der Waals surface area contributed by atoms with Crippen molar-refractivity contribution in [3.63, 3.8) is 0 Å². The van der Waals surface area contributed by atoms with Crippen LogP contribution in [0.25, 0.3) is 11.3 Å². The first kappa shape index (κ1) is 22.3. The van der Waals surface area contributed by atoms with Crippen molar-refractivity contribution in [2.24, 2.45) is 0 Å². The minimum Gasteiger partial charge on any atom is -0.485 e. The van der Waals surface area contributed by atoms with Gasteiger partial charge in [-0.05, 0) is 56.2 Å². The Hall–Kier alpha value is -4.92. The van der Waals surface area contributed by atoms with Crippen LogP contribution in [0.4, 0.5) is 0 Å². The molecule has 0 radical (unpaired) electrons. The molecule has 1 aliphatic rings. The molecule has 9 heteroatoms. The number of rotatable bonds is 5. The highest BCUT2D eigenvalue weighted by molar-refractivity contribution is 5.65. The molecule has 0 aliphatic carbocycles. The fourth-order valence-corrected chi connectivity index (χ4v) is 5.13. The Morgan fingerprint density at radius 1 is 0.895 bits per heavy atom. The number of ether oxygens (including phenoxy) is 2. The van der Waals surface area contributed by atoms with Gasteiger partial charge < -0.3 is 13.9 Å². The average molecular weight is 505 g/mol. The van der Waals surface area contributed by atoms with Crippen LogP contribution in [0.3, 0.4) is 0 Å². The van der Waals surface area contributed by atoms with Gasteiger partial charge in [0, 0.05) is 0 Å². The van der Waals surface area contributed by atoms with E-state index in [-0.39, 0.29) is 12.5 Å². The summed E-state index contributed by atoms with van der Waals surface area (Å²) in [6.45, 7) is 6.26. The van der Waals surface area contributed by atoms with Gasteiger partial charge in [0.05, 0.1) is 34.7 Å². The van der Waals surface area contributed by atoms with Crippen LogP contribution in [0.15, 0.2) is 77.7 Å². The molecule has 0 bridgehead atoms. The molecule has 0 N–H and O–H groups in total. The highest BCUT2D eigenvalue weighted by Crippen LogP contribution is 2.49. The minimum atomic E-state index is -0.325. The van der Waals surface area contributed by atoms with Crippen molar-refractivity contribution in [2.75, 3.05) is 0 Å². The summed E-state index contributed by atoms with van der Waals surface area (Å²) in [5.74, 6) is 2.86. The van der Waals surface area contributed by atoms with Gasteiger partial charge in [-0.15, -0.1) is 5.10 Å². The van der Waals surface area contributed by atoms with Crippen LogP contribution in [0.1, 0.15) is 45.5 Å². The van der Waals surface area contributed by atoms with Crippen molar-refractivity contribution in [3.05, 3.63) is 113 Å². The summed E-state index contributed by atoms with van der Waals surface area (Å²) in [5.41, 5.74) is 6.17. The van der Waals surface area contributed by atoms with Crippen LogP contribution >= 0.6 is 0 Å². The number of furan rings is 1. The van der Waals surface area contributed by atoms with Crippen LogP contribution < -0.4 is 9.47 Å². The highest BCUT2D eigenvalue weighted by atomic mass is 16.5. The van der Waals surface area contributed by atoms with Crippen molar-refractivity contribution < 1.29 is 13.9 Å². The van der Waals surface area contributed by atoms with E-state index in [9.17, 15) is 0 Å². The van der Waals surface area contributed by atoms with E-state index >= 15 is 0 Å². The van der Waals surface area contributed by atoms with Gasteiger partial charge >= 0.3 is 0 Å². The molecule has 5 heterocycles. The molecule has 0 saturated carbocycles. The number of para-hydroxylation sites is 2. The number of benzene rings is 2. The Morgan fingerprint density at radius 2 is 1.71 bits per heavy atom. The van der Waals surface area contributed by atoms with Gasteiger partial charge in [0.1, 0.15) is 24.4 Å². The fraction of sp³-hybridized carbons (Fsp3) is 0.172. The normalized spacial score (nSPS) is 14.2. The van der Waals surface area contributed by atoms with E-state index in [0.29, 0.717) is 23.2 Å². The van der Waals surface area contributed by atoms with Crippen LogP contribution in [0, 0.1) is 20.8 Å². The Morgan fingerprint density at radius 3 is 2.47 bits per heavy atom. The predicted molar refractivity (Wildman–Crippen MR) is 139 cm³/mol. The van der Waals surface area contributed by atoms with Gasteiger partial charge in [0.2, 0.25) is 11.8 Å². The average Bonchev–Trinajstić information content (AvgIpc) is 3.67. The molecule has 1 aliphatic heterocycles. The van der Waals surface area contributed by atoms with Crippen molar-refractivity contribution >= 4 is 5.65 Å². The van der Waals surface area contributed by atoms with Crippen molar-refractivity contribution in [1.82, 2.24) is 29.4 Å². The second kappa shape index (κ2) is 8.58. The van der Waals surface area contributed by atoms with Crippen molar-refractivity contribution in [3.8, 4) is 23.2 Å². The Bertz CT molecular complexity index is 1770. The highest BCUT2D eigenvalue weighted by Gasteiger charge is 2.39. The third kappa shape index (κ3) is 3.47. The lowest BCUT2D eigenvalue weighted by atomic mass is 9.88. The number of hydrogen-bond donors (Lipinski definition) is 0. The topological polar surface area (TPSA) is 92.5 Å². The number of hydrogen-bond acceptors (Lipinski definition) is 7. The monoisotopic (exact) mass is 504 g/mol. The standard InChI is InChI=1S/C29H24N6O3/c1-17-9-7-10-18(2)26(17)37-15-22-31-27-25-24(21-13-8-14-36-21)23-19(3)32-35(20-11-5-4-6-12-20)29(23)38-28(25)30-16-34(27)33-22/h4-14,16,24H,15H2,1-3H3. The molecule has 0 saturated heterocycles. The van der Waals surface area contributed by atoms with Crippen molar-refractivity contribution in [2.45, 2.75) is 33.3 Å². The van der Waals surface area contributed by atoms with Crippen LogP contribution in [-0.4, -0.2) is 29.4 Å². The summed E-state index contributed by atoms with van der Waals surface area (Å²) in [6, 6.07) is 19.8.